The van der Waals surface area contributed by atoms with Crippen LogP contribution in [-0.4, -0.2) is 18.7 Å². The maximum atomic E-state index is 6.65. The molecule has 0 fully saturated rings. The van der Waals surface area contributed by atoms with Crippen LogP contribution in [-0.2, 0) is 30.2 Å². The molecule has 5 aromatic carbocycles. The Morgan fingerprint density at radius 1 is 0.642 bits per heavy atom. The van der Waals surface area contributed by atoms with E-state index in [9.17, 15) is 0 Å². The van der Waals surface area contributed by atoms with Crippen molar-refractivity contribution in [2.75, 3.05) is 0 Å². The molecule has 9 rings (SSSR count). The Balaban J connectivity index is 1.20. The fourth-order valence-corrected chi connectivity index (χ4v) is 9.69. The van der Waals surface area contributed by atoms with Gasteiger partial charge < -0.3 is 0 Å². The standard InChI is InChI=1S/C47H42N4O.Pt/c1-30-16-18-32(19-17-30)49-29-50(39-15-10-9-14-38(39)49)33-12-11-13-34(27-33)52-35-20-21-36-41(28-35)51(42-26-31(2)24-25-48-42)40-23-22-37-44(43(36)40)46(5,6)47(7,8)45(37,3)4;/h9-26H,1-8H3;/q-2;. The zero-order valence-corrected chi connectivity index (χ0v) is 33.7. The van der Waals surface area contributed by atoms with Crippen LogP contribution >= 0.6 is 0 Å². The van der Waals surface area contributed by atoms with Gasteiger partial charge in [0.25, 0.3) is 0 Å². The summed E-state index contributed by atoms with van der Waals surface area (Å²) in [5.41, 5.74) is 11.5. The van der Waals surface area contributed by atoms with Crippen molar-refractivity contribution in [3.63, 3.8) is 0 Å². The second-order valence-electron chi connectivity index (χ2n) is 16.1. The third kappa shape index (κ3) is 4.86. The van der Waals surface area contributed by atoms with Gasteiger partial charge in [-0.25, -0.2) is 0 Å². The van der Waals surface area contributed by atoms with E-state index in [-0.39, 0.29) is 16.2 Å². The minimum atomic E-state index is -0.0765. The van der Waals surface area contributed by atoms with Crippen LogP contribution < -0.4 is 4.74 Å². The van der Waals surface area contributed by atoms with Gasteiger partial charge in [-0.1, -0.05) is 47.6 Å². The van der Waals surface area contributed by atoms with E-state index in [1.807, 2.05) is 30.5 Å². The van der Waals surface area contributed by atoms with Crippen molar-refractivity contribution in [2.45, 2.75) is 66.2 Å². The monoisotopic (exact) mass is 873 g/mol. The topological polar surface area (TPSA) is 36.9 Å². The van der Waals surface area contributed by atoms with Crippen molar-refractivity contribution in [3.8, 4) is 28.7 Å². The summed E-state index contributed by atoms with van der Waals surface area (Å²) in [6.07, 6.45) is 1.89. The molecule has 5 nitrogen and oxygen atoms in total. The number of benzene rings is 5. The van der Waals surface area contributed by atoms with Gasteiger partial charge in [-0.2, -0.15) is 0 Å². The molecule has 0 saturated carbocycles. The Bertz CT molecular complexity index is 2830. The summed E-state index contributed by atoms with van der Waals surface area (Å²) < 4.78 is 14.5. The van der Waals surface area contributed by atoms with Crippen LogP contribution in [0.2, 0.25) is 0 Å². The van der Waals surface area contributed by atoms with Crippen LogP contribution in [0.1, 0.15) is 63.8 Å². The summed E-state index contributed by atoms with van der Waals surface area (Å²) in [4.78, 5) is 4.88. The number of ether oxygens (including phenoxy) is 1. The molecule has 0 saturated heterocycles. The van der Waals surface area contributed by atoms with Crippen molar-refractivity contribution in [1.82, 2.24) is 18.7 Å². The van der Waals surface area contributed by atoms with E-state index in [2.05, 4.69) is 179 Å². The Morgan fingerprint density at radius 3 is 2.09 bits per heavy atom. The predicted octanol–water partition coefficient (Wildman–Crippen LogP) is 11.6. The quantitative estimate of drug-likeness (QED) is 0.162. The number of rotatable bonds is 5. The van der Waals surface area contributed by atoms with E-state index >= 15 is 0 Å². The normalized spacial score (nSPS) is 15.7. The summed E-state index contributed by atoms with van der Waals surface area (Å²) >= 11 is 2.42. The molecule has 0 atom stereocenters. The average molecular weight is 874 g/mol. The molecule has 1 aliphatic carbocycles. The van der Waals surface area contributed by atoms with Crippen molar-refractivity contribution < 1.29 is 24.1 Å². The number of fused-ring (bicyclic) bond motifs is 6. The Hall–Kier alpha value is -4.99. The third-order valence-electron chi connectivity index (χ3n) is 12.6. The third-order valence-corrected chi connectivity index (χ3v) is 13.6. The average Bonchev–Trinajstić information content (AvgIpc) is 3.65. The number of imidazole rings is 1. The van der Waals surface area contributed by atoms with Gasteiger partial charge in [-0.05, 0) is 40.4 Å². The first-order valence-electron chi connectivity index (χ1n) is 18.2. The molecule has 1 aliphatic rings. The maximum absolute atomic E-state index is 6.65. The fourth-order valence-electron chi connectivity index (χ4n) is 8.58. The Labute approximate surface area is 321 Å². The number of hydrogen-bond donors (Lipinski definition) is 0. The first kappa shape index (κ1) is 33.8. The molecule has 3 heterocycles. The van der Waals surface area contributed by atoms with Gasteiger partial charge in [0, 0.05) is 6.20 Å². The molecule has 3 aromatic heterocycles. The van der Waals surface area contributed by atoms with Crippen LogP contribution in [0.3, 0.4) is 0 Å². The van der Waals surface area contributed by atoms with Gasteiger partial charge in [0.2, 0.25) is 0 Å². The molecule has 0 bridgehead atoms. The van der Waals surface area contributed by atoms with Gasteiger partial charge in [0.05, 0.1) is 0 Å². The molecular weight excluding hydrogens is 832 g/mol. The van der Waals surface area contributed by atoms with Crippen LogP contribution in [0.4, 0.5) is 0 Å². The molecule has 0 spiro atoms. The summed E-state index contributed by atoms with van der Waals surface area (Å²) in [5, 5.41) is 2.43. The number of para-hydroxylation sites is 2. The van der Waals surface area contributed by atoms with E-state index in [0.717, 1.165) is 54.0 Å². The molecule has 0 unspecified atom stereocenters. The number of aryl methyl sites for hydroxylation is 2. The molecule has 0 amide bonds. The second kappa shape index (κ2) is 11.8. The summed E-state index contributed by atoms with van der Waals surface area (Å²) in [7, 11) is 0. The van der Waals surface area contributed by atoms with Crippen molar-refractivity contribution in [2.24, 2.45) is 5.41 Å². The van der Waals surface area contributed by atoms with Crippen LogP contribution in [0.15, 0.2) is 109 Å². The molecule has 0 radical (unpaired) electrons. The summed E-state index contributed by atoms with van der Waals surface area (Å²) in [5.74, 6) is 2.12. The van der Waals surface area contributed by atoms with E-state index < -0.39 is 0 Å². The molecule has 6 heteroatoms. The van der Waals surface area contributed by atoms with Gasteiger partial charge in [-0.3, -0.25) is 0 Å². The van der Waals surface area contributed by atoms with Crippen molar-refractivity contribution >= 4 is 32.8 Å². The van der Waals surface area contributed by atoms with E-state index in [4.69, 9.17) is 9.72 Å². The zero-order valence-electron chi connectivity index (χ0n) is 31.4. The second-order valence-corrected chi connectivity index (χ2v) is 17.1. The Kier molecular flexibility index (Phi) is 7.50. The van der Waals surface area contributed by atoms with Gasteiger partial charge in [0.15, 0.2) is 0 Å². The minimum absolute atomic E-state index is 0.00798. The number of nitrogens with zero attached hydrogens (tertiary/aromatic N) is 4. The van der Waals surface area contributed by atoms with Crippen molar-refractivity contribution in [3.05, 3.63) is 148 Å². The molecule has 268 valence electrons. The molecule has 53 heavy (non-hydrogen) atoms. The first-order chi connectivity index (χ1) is 25.3. The van der Waals surface area contributed by atoms with Crippen molar-refractivity contribution in [1.29, 1.82) is 0 Å². The number of pyridine rings is 1. The van der Waals surface area contributed by atoms with Gasteiger partial charge in [-0.15, -0.1) is 0 Å². The molecule has 0 aliphatic heterocycles. The van der Waals surface area contributed by atoms with Crippen LogP contribution in [0, 0.1) is 35.2 Å². The first-order valence-corrected chi connectivity index (χ1v) is 19.4. The Morgan fingerprint density at radius 2 is 1.36 bits per heavy atom. The SMILES string of the molecule is Cc1ccc(-n2[c](=[Pt])n(-c3[c-]c(Oc4[c-]c5c(cc4)c4c6c(ccc4n5-c4cc(C)ccn4)C(C)(C)C(C)(C)C6(C)C)ccc3)c3ccccc32)cc1. The fraction of sp³-hybridized carbons (Fsp3) is 0.234. The number of aromatic nitrogens is 4. The molecule has 8 aromatic rings. The predicted molar refractivity (Wildman–Crippen MR) is 211 cm³/mol. The molecular formula is C47H42N4OPt-2. The summed E-state index contributed by atoms with van der Waals surface area (Å²) in [6.45, 7) is 18.7. The van der Waals surface area contributed by atoms with Crippen LogP contribution in [0.25, 0.3) is 50.0 Å². The zero-order chi connectivity index (χ0) is 37.0. The summed E-state index contributed by atoms with van der Waals surface area (Å²) in [6, 6.07) is 43.6. The van der Waals surface area contributed by atoms with Gasteiger partial charge in [0.1, 0.15) is 0 Å². The van der Waals surface area contributed by atoms with E-state index in [1.54, 1.807) is 0 Å². The van der Waals surface area contributed by atoms with Gasteiger partial charge >= 0.3 is 229 Å². The number of hydrogen-bond acceptors (Lipinski definition) is 2. The van der Waals surface area contributed by atoms with Crippen LogP contribution in [0.5, 0.6) is 11.5 Å². The van der Waals surface area contributed by atoms with E-state index in [0.29, 0.717) is 11.5 Å². The molecule has 0 N–H and O–H groups in total. The van der Waals surface area contributed by atoms with E-state index in [1.165, 1.54) is 22.1 Å².